The molecule has 2 heterocycles. The molecule has 1 unspecified atom stereocenters. The van der Waals surface area contributed by atoms with E-state index in [4.69, 9.17) is 10.5 Å². The minimum Gasteiger partial charge on any atom is -0.380 e. The molecule has 0 radical (unpaired) electrons. The topological polar surface area (TPSA) is 81.6 Å². The van der Waals surface area contributed by atoms with Gasteiger partial charge in [-0.05, 0) is 12.1 Å². The van der Waals surface area contributed by atoms with E-state index in [1.165, 1.54) is 0 Å². The maximum atomic E-state index is 11.7. The number of hydrogen-bond donors (Lipinski definition) is 2. The molecule has 2 aromatic rings. The largest absolute Gasteiger partial charge is 0.380 e. The Morgan fingerprint density at radius 2 is 2.40 bits per heavy atom. The van der Waals surface area contributed by atoms with Crippen molar-refractivity contribution in [3.05, 3.63) is 36.3 Å². The predicted molar refractivity (Wildman–Crippen MR) is 76.4 cm³/mol. The zero-order valence-corrected chi connectivity index (χ0v) is 11.6. The Labute approximate surface area is 117 Å². The van der Waals surface area contributed by atoms with Crippen molar-refractivity contribution < 1.29 is 9.53 Å². The van der Waals surface area contributed by atoms with Gasteiger partial charge in [0.15, 0.2) is 0 Å². The first kappa shape index (κ1) is 14.5. The highest BCUT2D eigenvalue weighted by Gasteiger charge is 2.11. The number of imidazole rings is 1. The fourth-order valence-corrected chi connectivity index (χ4v) is 1.98. The van der Waals surface area contributed by atoms with E-state index in [0.29, 0.717) is 19.5 Å². The Morgan fingerprint density at radius 1 is 1.55 bits per heavy atom. The molecule has 1 amide bonds. The Kier molecular flexibility index (Phi) is 5.09. The van der Waals surface area contributed by atoms with Gasteiger partial charge >= 0.3 is 0 Å². The van der Waals surface area contributed by atoms with Crippen LogP contribution < -0.4 is 11.1 Å². The van der Waals surface area contributed by atoms with Gasteiger partial charge in [0, 0.05) is 39.0 Å². The van der Waals surface area contributed by atoms with Gasteiger partial charge in [0.2, 0.25) is 5.91 Å². The van der Waals surface area contributed by atoms with E-state index >= 15 is 0 Å². The van der Waals surface area contributed by atoms with Gasteiger partial charge in [-0.3, -0.25) is 4.79 Å². The second-order valence-corrected chi connectivity index (χ2v) is 4.60. The summed E-state index contributed by atoms with van der Waals surface area (Å²) in [5, 5.41) is 2.85. The first-order valence-corrected chi connectivity index (χ1v) is 6.65. The van der Waals surface area contributed by atoms with Crippen molar-refractivity contribution in [3.8, 4) is 0 Å². The van der Waals surface area contributed by atoms with E-state index in [1.807, 2.05) is 35.0 Å². The molecule has 0 aromatic carbocycles. The number of pyridine rings is 1. The van der Waals surface area contributed by atoms with Crippen LogP contribution in [0.3, 0.4) is 0 Å². The second-order valence-electron chi connectivity index (χ2n) is 4.60. The van der Waals surface area contributed by atoms with Crippen molar-refractivity contribution in [1.82, 2.24) is 14.7 Å². The average Bonchev–Trinajstić information content (AvgIpc) is 2.87. The Bertz CT molecular complexity index is 530. The quantitative estimate of drug-likeness (QED) is 0.765. The molecule has 1 atom stereocenters. The smallest absolute Gasteiger partial charge is 0.222 e. The minimum absolute atomic E-state index is 0.0499. The van der Waals surface area contributed by atoms with E-state index in [-0.39, 0.29) is 18.4 Å². The summed E-state index contributed by atoms with van der Waals surface area (Å²) in [6.07, 6.45) is 4.70. The highest BCUT2D eigenvalue weighted by molar-refractivity contribution is 5.76. The van der Waals surface area contributed by atoms with Crippen LogP contribution in [-0.4, -0.2) is 41.6 Å². The molecular weight excluding hydrogens is 256 g/mol. The zero-order chi connectivity index (χ0) is 14.4. The zero-order valence-electron chi connectivity index (χ0n) is 11.6. The number of ether oxygens (including phenoxy) is 1. The standard InChI is InChI=1S/C14H20N4O2/c1-20-12(9-15)8-14(19)16-6-5-11-10-18-7-3-2-4-13(18)17-11/h2-4,7,10,12H,5-6,8-9,15H2,1H3,(H,16,19). The van der Waals surface area contributed by atoms with Crippen molar-refractivity contribution in [3.63, 3.8) is 0 Å². The van der Waals surface area contributed by atoms with Crippen LogP contribution in [0, 0.1) is 0 Å². The van der Waals surface area contributed by atoms with E-state index in [1.54, 1.807) is 7.11 Å². The normalized spacial score (nSPS) is 12.5. The molecular formula is C14H20N4O2. The van der Waals surface area contributed by atoms with E-state index in [0.717, 1.165) is 11.3 Å². The molecule has 20 heavy (non-hydrogen) atoms. The maximum absolute atomic E-state index is 11.7. The van der Waals surface area contributed by atoms with Crippen molar-refractivity contribution >= 4 is 11.6 Å². The maximum Gasteiger partial charge on any atom is 0.222 e. The van der Waals surface area contributed by atoms with Crippen molar-refractivity contribution in [2.45, 2.75) is 18.9 Å². The van der Waals surface area contributed by atoms with Crippen molar-refractivity contribution in [1.29, 1.82) is 0 Å². The number of carbonyl (C=O) groups excluding carboxylic acids is 1. The van der Waals surface area contributed by atoms with Gasteiger partial charge in [0.25, 0.3) is 0 Å². The van der Waals surface area contributed by atoms with Crippen molar-refractivity contribution in [2.75, 3.05) is 20.2 Å². The van der Waals surface area contributed by atoms with Crippen LogP contribution in [0.1, 0.15) is 12.1 Å². The van der Waals surface area contributed by atoms with Gasteiger partial charge in [-0.25, -0.2) is 4.98 Å². The van der Waals surface area contributed by atoms with Crippen LogP contribution in [0.4, 0.5) is 0 Å². The molecule has 0 aliphatic heterocycles. The molecule has 0 fully saturated rings. The van der Waals surface area contributed by atoms with Gasteiger partial charge in [-0.15, -0.1) is 0 Å². The molecule has 0 saturated heterocycles. The molecule has 2 rings (SSSR count). The molecule has 2 aromatic heterocycles. The number of amides is 1. The molecule has 0 saturated carbocycles. The lowest BCUT2D eigenvalue weighted by Gasteiger charge is -2.12. The summed E-state index contributed by atoms with van der Waals surface area (Å²) in [7, 11) is 1.56. The van der Waals surface area contributed by atoms with Gasteiger partial charge in [0.1, 0.15) is 5.65 Å². The van der Waals surface area contributed by atoms with E-state index < -0.39 is 0 Å². The van der Waals surface area contributed by atoms with Crippen LogP contribution in [0.25, 0.3) is 5.65 Å². The first-order chi connectivity index (χ1) is 9.72. The van der Waals surface area contributed by atoms with Gasteiger partial charge < -0.3 is 20.2 Å². The van der Waals surface area contributed by atoms with E-state index in [2.05, 4.69) is 10.3 Å². The number of fused-ring (bicyclic) bond motifs is 1. The summed E-state index contributed by atoms with van der Waals surface area (Å²) in [6, 6.07) is 5.86. The molecule has 108 valence electrons. The fraction of sp³-hybridized carbons (Fsp3) is 0.429. The van der Waals surface area contributed by atoms with Crippen LogP contribution in [0.5, 0.6) is 0 Å². The lowest BCUT2D eigenvalue weighted by atomic mass is 10.2. The summed E-state index contributed by atoms with van der Waals surface area (Å²) in [5.74, 6) is -0.0499. The number of hydrogen-bond acceptors (Lipinski definition) is 4. The van der Waals surface area contributed by atoms with Gasteiger partial charge in [0.05, 0.1) is 18.2 Å². The Balaban J connectivity index is 1.79. The lowest BCUT2D eigenvalue weighted by molar-refractivity contribution is -0.123. The van der Waals surface area contributed by atoms with Crippen LogP contribution in [0.2, 0.25) is 0 Å². The number of methoxy groups -OCH3 is 1. The summed E-state index contributed by atoms with van der Waals surface area (Å²) in [5.41, 5.74) is 7.35. The van der Waals surface area contributed by atoms with Gasteiger partial charge in [-0.1, -0.05) is 6.07 Å². The highest BCUT2D eigenvalue weighted by atomic mass is 16.5. The lowest BCUT2D eigenvalue weighted by Crippen LogP contribution is -2.33. The monoisotopic (exact) mass is 276 g/mol. The Morgan fingerprint density at radius 3 is 3.10 bits per heavy atom. The number of nitrogens with one attached hydrogen (secondary N) is 1. The van der Waals surface area contributed by atoms with Crippen LogP contribution >= 0.6 is 0 Å². The first-order valence-electron chi connectivity index (χ1n) is 6.65. The van der Waals surface area contributed by atoms with Crippen LogP contribution in [-0.2, 0) is 16.0 Å². The van der Waals surface area contributed by atoms with Gasteiger partial charge in [-0.2, -0.15) is 0 Å². The van der Waals surface area contributed by atoms with E-state index in [9.17, 15) is 4.79 Å². The molecule has 0 bridgehead atoms. The summed E-state index contributed by atoms with van der Waals surface area (Å²) >= 11 is 0. The number of nitrogens with zero attached hydrogens (tertiary/aromatic N) is 2. The Hall–Kier alpha value is -1.92. The molecule has 6 heteroatoms. The molecule has 0 aliphatic carbocycles. The SMILES string of the molecule is COC(CN)CC(=O)NCCc1cn2ccccc2n1. The summed E-state index contributed by atoms with van der Waals surface area (Å²) < 4.78 is 7.04. The number of aromatic nitrogens is 2. The average molecular weight is 276 g/mol. The summed E-state index contributed by atoms with van der Waals surface area (Å²) in [6.45, 7) is 0.903. The molecule has 0 spiro atoms. The molecule has 0 aliphatic rings. The number of rotatable bonds is 7. The third-order valence-corrected chi connectivity index (χ3v) is 3.13. The second kappa shape index (κ2) is 7.02. The third kappa shape index (κ3) is 3.79. The number of carbonyl (C=O) groups is 1. The molecule has 3 N–H and O–H groups in total. The van der Waals surface area contributed by atoms with Crippen LogP contribution in [0.15, 0.2) is 30.6 Å². The number of nitrogens with two attached hydrogens (primary N) is 1. The predicted octanol–water partition coefficient (Wildman–Crippen LogP) is 0.357. The minimum atomic E-state index is -0.217. The van der Waals surface area contributed by atoms with Crippen molar-refractivity contribution in [2.24, 2.45) is 5.73 Å². The highest BCUT2D eigenvalue weighted by Crippen LogP contribution is 2.04. The third-order valence-electron chi connectivity index (χ3n) is 3.13. The fourth-order valence-electron chi connectivity index (χ4n) is 1.98. The summed E-state index contributed by atoms with van der Waals surface area (Å²) in [4.78, 5) is 16.1. The molecule has 6 nitrogen and oxygen atoms in total.